The number of hydrogen-bond acceptors (Lipinski definition) is 1. The summed E-state index contributed by atoms with van der Waals surface area (Å²) in [5, 5.41) is -0.809. The van der Waals surface area contributed by atoms with Crippen LogP contribution in [0.1, 0.15) is 29.3 Å². The van der Waals surface area contributed by atoms with Crippen LogP contribution in [0.2, 0.25) is 0 Å². The minimum atomic E-state index is -2.70. The van der Waals surface area contributed by atoms with Crippen molar-refractivity contribution in [1.82, 2.24) is 0 Å². The summed E-state index contributed by atoms with van der Waals surface area (Å²) in [6.07, 6.45) is -2.70. The smallest absolute Gasteiger partial charge is 0.265 e. The number of Topliss-reactive ketones (excluding diaryl/α,β-unsaturated/α-hetero) is 1. The molecule has 82 valence electrons. The lowest BCUT2D eigenvalue weighted by atomic mass is 10.0. The molecule has 0 saturated carbocycles. The van der Waals surface area contributed by atoms with Crippen LogP contribution in [0.5, 0.6) is 0 Å². The van der Waals surface area contributed by atoms with Crippen molar-refractivity contribution in [2.75, 3.05) is 0 Å². The zero-order chi connectivity index (χ0) is 11.6. The van der Waals surface area contributed by atoms with Crippen LogP contribution in [0.4, 0.5) is 8.78 Å². The summed E-state index contributed by atoms with van der Waals surface area (Å²) in [6.45, 7) is 1.46. The molecule has 15 heavy (non-hydrogen) atoms. The molecule has 0 aliphatic carbocycles. The third-order valence-corrected chi connectivity index (χ3v) is 2.79. The predicted octanol–water partition coefficient (Wildman–Crippen LogP) is 4.20. The molecule has 5 heteroatoms. The SMILES string of the molecule is CC(Cl)C(=O)c1cccc(Br)c1C(F)F. The van der Waals surface area contributed by atoms with E-state index in [1.807, 2.05) is 0 Å². The molecule has 0 aliphatic rings. The summed E-state index contributed by atoms with van der Waals surface area (Å²) < 4.78 is 25.6. The molecule has 1 atom stereocenters. The monoisotopic (exact) mass is 296 g/mol. The van der Waals surface area contributed by atoms with Crippen molar-refractivity contribution in [3.05, 3.63) is 33.8 Å². The fourth-order valence-corrected chi connectivity index (χ4v) is 1.84. The molecule has 1 unspecified atom stereocenters. The van der Waals surface area contributed by atoms with Gasteiger partial charge in [-0.1, -0.05) is 28.1 Å². The topological polar surface area (TPSA) is 17.1 Å². The number of carbonyl (C=O) groups excluding carboxylic acids is 1. The standard InChI is InChI=1S/C10H8BrClF2O/c1-5(12)9(15)6-3-2-4-7(11)8(6)10(13)14/h2-5,10H,1H3. The molecule has 1 rings (SSSR count). The second kappa shape index (κ2) is 5.03. The minimum absolute atomic E-state index is 0.0260. The first-order valence-corrected chi connectivity index (χ1v) is 5.43. The van der Waals surface area contributed by atoms with Gasteiger partial charge in [-0.25, -0.2) is 8.78 Å². The van der Waals surface area contributed by atoms with E-state index < -0.39 is 17.6 Å². The second-order valence-electron chi connectivity index (χ2n) is 2.98. The van der Waals surface area contributed by atoms with Crippen LogP contribution in [0, 0.1) is 0 Å². The molecule has 1 aromatic carbocycles. The molecule has 0 heterocycles. The van der Waals surface area contributed by atoms with Crippen molar-refractivity contribution in [3.8, 4) is 0 Å². The highest BCUT2D eigenvalue weighted by Gasteiger charge is 2.23. The molecule has 1 nitrogen and oxygen atoms in total. The molecule has 1 aromatic rings. The summed E-state index contributed by atoms with van der Waals surface area (Å²) in [5.74, 6) is -0.492. The Morgan fingerprint density at radius 1 is 1.47 bits per heavy atom. The zero-order valence-electron chi connectivity index (χ0n) is 7.81. The first-order chi connectivity index (χ1) is 6.95. The fourth-order valence-electron chi connectivity index (χ4n) is 1.19. The maximum Gasteiger partial charge on any atom is 0.265 e. The molecular formula is C10H8BrClF2O. The maximum absolute atomic E-state index is 12.7. The normalized spacial score (nSPS) is 12.9. The van der Waals surface area contributed by atoms with E-state index in [-0.39, 0.29) is 15.6 Å². The molecule has 0 spiro atoms. The average Bonchev–Trinajstić information content (AvgIpc) is 2.15. The largest absolute Gasteiger partial charge is 0.293 e. The third-order valence-electron chi connectivity index (χ3n) is 1.90. The van der Waals surface area contributed by atoms with Gasteiger partial charge in [0.05, 0.1) is 5.38 Å². The van der Waals surface area contributed by atoms with Gasteiger partial charge >= 0.3 is 0 Å². The van der Waals surface area contributed by atoms with Gasteiger partial charge in [0.1, 0.15) is 0 Å². The highest BCUT2D eigenvalue weighted by atomic mass is 79.9. The van der Waals surface area contributed by atoms with Crippen LogP contribution in [0.3, 0.4) is 0 Å². The van der Waals surface area contributed by atoms with Crippen molar-refractivity contribution < 1.29 is 13.6 Å². The van der Waals surface area contributed by atoms with Crippen LogP contribution in [-0.4, -0.2) is 11.2 Å². The van der Waals surface area contributed by atoms with Crippen LogP contribution < -0.4 is 0 Å². The first kappa shape index (κ1) is 12.6. The van der Waals surface area contributed by atoms with E-state index in [0.29, 0.717) is 0 Å². The van der Waals surface area contributed by atoms with Crippen LogP contribution >= 0.6 is 27.5 Å². The Hall–Kier alpha value is -0.480. The molecular weight excluding hydrogens is 289 g/mol. The number of benzene rings is 1. The van der Waals surface area contributed by atoms with Gasteiger partial charge in [0, 0.05) is 15.6 Å². The zero-order valence-corrected chi connectivity index (χ0v) is 10.1. The molecule has 0 aromatic heterocycles. The molecule has 0 saturated heterocycles. The maximum atomic E-state index is 12.7. The van der Waals surface area contributed by atoms with E-state index in [1.165, 1.54) is 25.1 Å². The number of alkyl halides is 3. The van der Waals surface area contributed by atoms with Gasteiger partial charge < -0.3 is 0 Å². The van der Waals surface area contributed by atoms with Crippen LogP contribution in [0.15, 0.2) is 22.7 Å². The van der Waals surface area contributed by atoms with E-state index in [0.717, 1.165) is 0 Å². The van der Waals surface area contributed by atoms with E-state index in [4.69, 9.17) is 11.6 Å². The third kappa shape index (κ3) is 2.75. The number of carbonyl (C=O) groups is 1. The van der Waals surface area contributed by atoms with Gasteiger partial charge in [0.15, 0.2) is 5.78 Å². The van der Waals surface area contributed by atoms with Gasteiger partial charge in [-0.05, 0) is 13.0 Å². The summed E-state index contributed by atoms with van der Waals surface area (Å²) >= 11 is 8.57. The summed E-state index contributed by atoms with van der Waals surface area (Å²) in [4.78, 5) is 11.5. The van der Waals surface area contributed by atoms with Gasteiger partial charge in [-0.2, -0.15) is 0 Å². The number of rotatable bonds is 3. The Morgan fingerprint density at radius 2 is 2.07 bits per heavy atom. The summed E-state index contributed by atoms with van der Waals surface area (Å²) in [6, 6.07) is 4.35. The lowest BCUT2D eigenvalue weighted by Gasteiger charge is -2.10. The molecule has 0 aliphatic heterocycles. The van der Waals surface area contributed by atoms with Crippen molar-refractivity contribution in [1.29, 1.82) is 0 Å². The highest BCUT2D eigenvalue weighted by molar-refractivity contribution is 9.10. The molecule has 0 fully saturated rings. The second-order valence-corrected chi connectivity index (χ2v) is 4.49. The van der Waals surface area contributed by atoms with Gasteiger partial charge in [-0.3, -0.25) is 4.79 Å². The minimum Gasteiger partial charge on any atom is -0.293 e. The van der Waals surface area contributed by atoms with Gasteiger partial charge in [0.25, 0.3) is 6.43 Å². The van der Waals surface area contributed by atoms with E-state index in [1.54, 1.807) is 0 Å². The van der Waals surface area contributed by atoms with Gasteiger partial charge in [-0.15, -0.1) is 11.6 Å². The fraction of sp³-hybridized carbons (Fsp3) is 0.300. The highest BCUT2D eigenvalue weighted by Crippen LogP contribution is 2.31. The van der Waals surface area contributed by atoms with E-state index in [2.05, 4.69) is 15.9 Å². The Bertz CT molecular complexity index is 380. The van der Waals surface area contributed by atoms with Crippen molar-refractivity contribution in [3.63, 3.8) is 0 Å². The Labute approximate surface area is 99.6 Å². The van der Waals surface area contributed by atoms with E-state index >= 15 is 0 Å². The summed E-state index contributed by atoms with van der Waals surface area (Å²) in [7, 11) is 0. The Morgan fingerprint density at radius 3 is 2.53 bits per heavy atom. The average molecular weight is 298 g/mol. The van der Waals surface area contributed by atoms with Crippen molar-refractivity contribution in [2.24, 2.45) is 0 Å². The van der Waals surface area contributed by atoms with Crippen LogP contribution in [0.25, 0.3) is 0 Å². The molecule has 0 bridgehead atoms. The van der Waals surface area contributed by atoms with Crippen LogP contribution in [-0.2, 0) is 0 Å². The first-order valence-electron chi connectivity index (χ1n) is 4.20. The molecule has 0 N–H and O–H groups in total. The Balaban J connectivity index is 3.29. The number of hydrogen-bond donors (Lipinski definition) is 0. The Kier molecular flexibility index (Phi) is 4.22. The van der Waals surface area contributed by atoms with Gasteiger partial charge in [0.2, 0.25) is 0 Å². The molecule has 0 amide bonds. The quantitative estimate of drug-likeness (QED) is 0.604. The van der Waals surface area contributed by atoms with Crippen molar-refractivity contribution in [2.45, 2.75) is 18.7 Å². The summed E-state index contributed by atoms with van der Waals surface area (Å²) in [5.41, 5.74) is -0.322. The number of halogens is 4. The van der Waals surface area contributed by atoms with E-state index in [9.17, 15) is 13.6 Å². The number of ketones is 1. The lowest BCUT2D eigenvalue weighted by molar-refractivity contribution is 0.0977. The lowest BCUT2D eigenvalue weighted by Crippen LogP contribution is -2.13. The van der Waals surface area contributed by atoms with Crippen molar-refractivity contribution >= 4 is 33.3 Å². The molecule has 0 radical (unpaired) electrons. The predicted molar refractivity (Wildman–Crippen MR) is 58.7 cm³/mol.